The van der Waals surface area contributed by atoms with Crippen LogP contribution in [0.4, 0.5) is 24.7 Å². The predicted molar refractivity (Wildman–Crippen MR) is 123 cm³/mol. The Morgan fingerprint density at radius 1 is 0.943 bits per heavy atom. The minimum atomic E-state index is -4.54. The predicted octanol–water partition coefficient (Wildman–Crippen LogP) is 5.97. The molecule has 1 aliphatic rings. The van der Waals surface area contributed by atoms with Crippen molar-refractivity contribution in [3.8, 4) is 11.5 Å². The molecule has 0 aliphatic heterocycles. The SMILES string of the molecule is O=C(Nc1cccc(Oc2ccc3c(NC(=O)C4CC4)n[nH]c3c2)c1)c1cccc(C(F)(F)F)c1. The van der Waals surface area contributed by atoms with Crippen molar-refractivity contribution in [2.45, 2.75) is 19.0 Å². The second-order valence-electron chi connectivity index (χ2n) is 8.21. The van der Waals surface area contributed by atoms with E-state index in [0.29, 0.717) is 28.5 Å². The molecule has 0 radical (unpaired) electrons. The van der Waals surface area contributed by atoms with E-state index >= 15 is 0 Å². The van der Waals surface area contributed by atoms with E-state index in [1.165, 1.54) is 12.1 Å². The summed E-state index contributed by atoms with van der Waals surface area (Å²) in [6.07, 6.45) is -2.75. The van der Waals surface area contributed by atoms with E-state index < -0.39 is 17.6 Å². The molecule has 1 saturated carbocycles. The van der Waals surface area contributed by atoms with Gasteiger partial charge in [0, 0.05) is 34.7 Å². The molecule has 0 bridgehead atoms. The highest BCUT2D eigenvalue weighted by atomic mass is 19.4. The van der Waals surface area contributed by atoms with Gasteiger partial charge in [0.15, 0.2) is 5.82 Å². The summed E-state index contributed by atoms with van der Waals surface area (Å²) < 4.78 is 44.7. The number of carbonyl (C=O) groups excluding carboxylic acids is 2. The zero-order chi connectivity index (χ0) is 24.6. The molecule has 5 rings (SSSR count). The number of alkyl halides is 3. The van der Waals surface area contributed by atoms with Crippen molar-refractivity contribution in [2.24, 2.45) is 5.92 Å². The van der Waals surface area contributed by atoms with Crippen molar-refractivity contribution in [3.05, 3.63) is 77.9 Å². The van der Waals surface area contributed by atoms with Crippen LogP contribution in [0, 0.1) is 5.92 Å². The number of amides is 2. The van der Waals surface area contributed by atoms with E-state index in [1.807, 2.05) is 0 Å². The molecular formula is C25H19F3N4O3. The van der Waals surface area contributed by atoms with Crippen LogP contribution in [0.3, 0.4) is 0 Å². The molecule has 2 amide bonds. The fourth-order valence-corrected chi connectivity index (χ4v) is 3.54. The Kier molecular flexibility index (Phi) is 5.64. The van der Waals surface area contributed by atoms with Gasteiger partial charge >= 0.3 is 6.18 Å². The molecule has 0 unspecified atom stereocenters. The highest BCUT2D eigenvalue weighted by molar-refractivity contribution is 6.04. The third kappa shape index (κ3) is 5.11. The number of hydrogen-bond acceptors (Lipinski definition) is 4. The fraction of sp³-hybridized carbons (Fsp3) is 0.160. The van der Waals surface area contributed by atoms with Gasteiger partial charge in [0.1, 0.15) is 11.5 Å². The first kappa shape index (κ1) is 22.5. The van der Waals surface area contributed by atoms with Crippen LogP contribution in [0.1, 0.15) is 28.8 Å². The number of anilines is 2. The van der Waals surface area contributed by atoms with Crippen molar-refractivity contribution in [3.63, 3.8) is 0 Å². The third-order valence-electron chi connectivity index (χ3n) is 5.50. The average Bonchev–Trinajstić information content (AvgIpc) is 3.61. The Bertz CT molecular complexity index is 1430. The van der Waals surface area contributed by atoms with Gasteiger partial charge in [-0.1, -0.05) is 12.1 Å². The highest BCUT2D eigenvalue weighted by Crippen LogP contribution is 2.33. The largest absolute Gasteiger partial charge is 0.457 e. The Morgan fingerprint density at radius 2 is 1.71 bits per heavy atom. The van der Waals surface area contributed by atoms with Crippen LogP contribution in [0.15, 0.2) is 66.7 Å². The number of carbonyl (C=O) groups is 2. The zero-order valence-electron chi connectivity index (χ0n) is 18.1. The molecule has 178 valence electrons. The molecule has 3 aromatic carbocycles. The highest BCUT2D eigenvalue weighted by Gasteiger charge is 2.31. The summed E-state index contributed by atoms with van der Waals surface area (Å²) in [4.78, 5) is 24.5. The van der Waals surface area contributed by atoms with Gasteiger partial charge in [-0.25, -0.2) is 0 Å². The lowest BCUT2D eigenvalue weighted by atomic mass is 10.1. The van der Waals surface area contributed by atoms with E-state index in [-0.39, 0.29) is 17.4 Å². The van der Waals surface area contributed by atoms with Crippen LogP contribution < -0.4 is 15.4 Å². The number of halogens is 3. The number of rotatable bonds is 6. The van der Waals surface area contributed by atoms with Gasteiger partial charge in [0.2, 0.25) is 5.91 Å². The smallest absolute Gasteiger partial charge is 0.416 e. The standard InChI is InChI=1S/C25H19F3N4O3/c26-25(27,28)16-4-1-3-15(11-16)24(34)29-17-5-2-6-18(12-17)35-19-9-10-20-21(13-19)31-32-22(20)30-23(33)14-7-8-14/h1-6,9-14H,7-8H2,(H,29,34)(H2,30,31,32,33). The number of nitrogens with one attached hydrogen (secondary N) is 3. The molecule has 7 nitrogen and oxygen atoms in total. The molecule has 0 spiro atoms. The van der Waals surface area contributed by atoms with Crippen molar-refractivity contribution in [1.82, 2.24) is 10.2 Å². The lowest BCUT2D eigenvalue weighted by Crippen LogP contribution is -2.13. The van der Waals surface area contributed by atoms with Gasteiger partial charge in [0.25, 0.3) is 5.91 Å². The second kappa shape index (κ2) is 8.79. The van der Waals surface area contributed by atoms with Crippen LogP contribution in [-0.4, -0.2) is 22.0 Å². The van der Waals surface area contributed by atoms with E-state index in [2.05, 4.69) is 20.8 Å². The zero-order valence-corrected chi connectivity index (χ0v) is 18.1. The lowest BCUT2D eigenvalue weighted by Gasteiger charge is -2.11. The molecule has 3 N–H and O–H groups in total. The summed E-state index contributed by atoms with van der Waals surface area (Å²) in [5.41, 5.74) is 0.0207. The number of benzene rings is 3. The van der Waals surface area contributed by atoms with Gasteiger partial charge in [-0.05, 0) is 55.3 Å². The maximum atomic E-state index is 12.9. The summed E-state index contributed by atoms with van der Waals surface area (Å²) in [6.45, 7) is 0. The molecular weight excluding hydrogens is 461 g/mol. The van der Waals surface area contributed by atoms with Gasteiger partial charge < -0.3 is 15.4 Å². The summed E-state index contributed by atoms with van der Waals surface area (Å²) in [5, 5.41) is 13.2. The summed E-state index contributed by atoms with van der Waals surface area (Å²) in [6, 6.07) is 15.9. The number of H-pyrrole nitrogens is 1. The first-order valence-electron chi connectivity index (χ1n) is 10.8. The Balaban J connectivity index is 1.28. The van der Waals surface area contributed by atoms with Crippen LogP contribution in [0.5, 0.6) is 11.5 Å². The van der Waals surface area contributed by atoms with Gasteiger partial charge in [0.05, 0.1) is 11.1 Å². The topological polar surface area (TPSA) is 96.1 Å². The van der Waals surface area contributed by atoms with Gasteiger partial charge in [-0.15, -0.1) is 0 Å². The Labute approximate surface area is 197 Å². The normalized spacial score (nSPS) is 13.5. The first-order valence-corrected chi connectivity index (χ1v) is 10.8. The van der Waals surface area contributed by atoms with E-state index in [9.17, 15) is 22.8 Å². The number of hydrogen-bond donors (Lipinski definition) is 3. The van der Waals surface area contributed by atoms with Crippen molar-refractivity contribution in [2.75, 3.05) is 10.6 Å². The Hall–Kier alpha value is -4.34. The van der Waals surface area contributed by atoms with E-state index in [1.54, 1.807) is 42.5 Å². The van der Waals surface area contributed by atoms with Crippen molar-refractivity contribution < 1.29 is 27.5 Å². The molecule has 1 fully saturated rings. The quantitative estimate of drug-likeness (QED) is 0.317. The van der Waals surface area contributed by atoms with Gasteiger partial charge in [-0.2, -0.15) is 18.3 Å². The number of aromatic nitrogens is 2. The average molecular weight is 480 g/mol. The van der Waals surface area contributed by atoms with Crippen LogP contribution >= 0.6 is 0 Å². The number of fused-ring (bicyclic) bond motifs is 1. The molecule has 1 aromatic heterocycles. The first-order chi connectivity index (χ1) is 16.8. The van der Waals surface area contributed by atoms with E-state index in [4.69, 9.17) is 4.74 Å². The van der Waals surface area contributed by atoms with Gasteiger partial charge in [-0.3, -0.25) is 14.7 Å². The summed E-state index contributed by atoms with van der Waals surface area (Å²) in [7, 11) is 0. The Morgan fingerprint density at radius 3 is 2.49 bits per heavy atom. The minimum absolute atomic E-state index is 0.0391. The fourth-order valence-electron chi connectivity index (χ4n) is 3.54. The van der Waals surface area contributed by atoms with Crippen LogP contribution in [0.2, 0.25) is 0 Å². The molecule has 0 saturated heterocycles. The monoisotopic (exact) mass is 480 g/mol. The van der Waals surface area contributed by atoms with Crippen LogP contribution in [-0.2, 0) is 11.0 Å². The van der Waals surface area contributed by atoms with Crippen molar-refractivity contribution >= 4 is 34.2 Å². The molecule has 0 atom stereocenters. The van der Waals surface area contributed by atoms with Crippen LogP contribution in [0.25, 0.3) is 10.9 Å². The lowest BCUT2D eigenvalue weighted by molar-refractivity contribution is -0.137. The molecule has 35 heavy (non-hydrogen) atoms. The summed E-state index contributed by atoms with van der Waals surface area (Å²) >= 11 is 0. The third-order valence-corrected chi connectivity index (χ3v) is 5.50. The maximum Gasteiger partial charge on any atom is 0.416 e. The number of nitrogens with zero attached hydrogens (tertiary/aromatic N) is 1. The maximum absolute atomic E-state index is 12.9. The molecule has 10 heteroatoms. The number of aromatic amines is 1. The molecule has 4 aromatic rings. The molecule has 1 aliphatic carbocycles. The summed E-state index contributed by atoms with van der Waals surface area (Å²) in [5.74, 6) is 0.708. The number of ether oxygens (including phenoxy) is 1. The van der Waals surface area contributed by atoms with Crippen molar-refractivity contribution in [1.29, 1.82) is 0 Å². The van der Waals surface area contributed by atoms with E-state index in [0.717, 1.165) is 30.4 Å². The molecule has 1 heterocycles. The second-order valence-corrected chi connectivity index (χ2v) is 8.21. The minimum Gasteiger partial charge on any atom is -0.457 e.